The Morgan fingerprint density at radius 2 is 1.84 bits per heavy atom. The standard InChI is InChI=1S/C27H30N6O3S2/c1-36-21-13-11-19(12-14-21)17-32(24(34)18-33-30-26(29-31-33)23-10-6-16-38-23)25(22-9-5-15-37-22)27(35)28-20-7-3-2-4-8-20/h5-6,9-16,20,25H,2-4,7-8,17-18H2,1H3,(H,28,35). The van der Waals surface area contributed by atoms with E-state index in [1.807, 2.05) is 59.3 Å². The van der Waals surface area contributed by atoms with Gasteiger partial charge < -0.3 is 15.0 Å². The third-order valence-corrected chi connectivity index (χ3v) is 8.42. The van der Waals surface area contributed by atoms with Crippen LogP contribution in [-0.4, -0.2) is 50.1 Å². The van der Waals surface area contributed by atoms with Gasteiger partial charge in [0.25, 0.3) is 0 Å². The molecule has 2 amide bonds. The van der Waals surface area contributed by atoms with E-state index >= 15 is 0 Å². The molecule has 1 unspecified atom stereocenters. The summed E-state index contributed by atoms with van der Waals surface area (Å²) in [6.45, 7) is 0.114. The van der Waals surface area contributed by atoms with E-state index in [9.17, 15) is 9.59 Å². The van der Waals surface area contributed by atoms with Gasteiger partial charge in [-0.15, -0.1) is 32.9 Å². The zero-order chi connectivity index (χ0) is 26.3. The second-order valence-corrected chi connectivity index (χ2v) is 11.2. The monoisotopic (exact) mass is 550 g/mol. The topological polar surface area (TPSA) is 102 Å². The SMILES string of the molecule is COc1ccc(CN(C(=O)Cn2nnc(-c3cccs3)n2)C(C(=O)NC2CCCCC2)c2cccs2)cc1. The van der Waals surface area contributed by atoms with Crippen molar-refractivity contribution in [3.8, 4) is 16.5 Å². The fourth-order valence-corrected chi connectivity index (χ4v) is 6.16. The van der Waals surface area contributed by atoms with E-state index in [0.717, 1.165) is 46.8 Å². The van der Waals surface area contributed by atoms with E-state index < -0.39 is 6.04 Å². The molecule has 3 heterocycles. The van der Waals surface area contributed by atoms with Crippen LogP contribution < -0.4 is 10.1 Å². The number of carbonyl (C=O) groups excluding carboxylic acids is 2. The number of rotatable bonds is 10. The number of aromatic nitrogens is 4. The lowest BCUT2D eigenvalue weighted by Crippen LogP contribution is -2.47. The lowest BCUT2D eigenvalue weighted by atomic mass is 9.95. The highest BCUT2D eigenvalue weighted by Gasteiger charge is 2.34. The van der Waals surface area contributed by atoms with Gasteiger partial charge in [-0.1, -0.05) is 43.5 Å². The molecule has 4 aromatic rings. The van der Waals surface area contributed by atoms with E-state index in [4.69, 9.17) is 4.74 Å². The zero-order valence-electron chi connectivity index (χ0n) is 21.2. The van der Waals surface area contributed by atoms with Crippen molar-refractivity contribution in [1.29, 1.82) is 0 Å². The first-order chi connectivity index (χ1) is 18.6. The molecule has 198 valence electrons. The predicted octanol–water partition coefficient (Wildman–Crippen LogP) is 4.69. The molecular weight excluding hydrogens is 520 g/mol. The van der Waals surface area contributed by atoms with Gasteiger partial charge in [-0.3, -0.25) is 9.59 Å². The molecule has 0 saturated heterocycles. The highest BCUT2D eigenvalue weighted by Crippen LogP contribution is 2.29. The summed E-state index contributed by atoms with van der Waals surface area (Å²) in [7, 11) is 1.61. The molecule has 1 aliphatic carbocycles. The molecule has 5 rings (SSSR count). The van der Waals surface area contributed by atoms with Crippen LogP contribution >= 0.6 is 22.7 Å². The number of ether oxygens (including phenoxy) is 1. The van der Waals surface area contributed by atoms with E-state index in [1.165, 1.54) is 33.9 Å². The molecule has 0 radical (unpaired) electrons. The van der Waals surface area contributed by atoms with Gasteiger partial charge in [-0.25, -0.2) is 0 Å². The van der Waals surface area contributed by atoms with Crippen molar-refractivity contribution in [2.75, 3.05) is 7.11 Å². The normalized spacial score (nSPS) is 14.7. The van der Waals surface area contributed by atoms with Crippen molar-refractivity contribution in [3.05, 3.63) is 69.7 Å². The summed E-state index contributed by atoms with van der Waals surface area (Å²) in [5, 5.41) is 19.7. The first-order valence-corrected chi connectivity index (χ1v) is 14.4. The van der Waals surface area contributed by atoms with Gasteiger partial charge in [0.1, 0.15) is 18.3 Å². The van der Waals surface area contributed by atoms with E-state index in [1.54, 1.807) is 12.0 Å². The molecule has 9 nitrogen and oxygen atoms in total. The van der Waals surface area contributed by atoms with Gasteiger partial charge in [0.2, 0.25) is 17.6 Å². The van der Waals surface area contributed by atoms with Crippen molar-refractivity contribution < 1.29 is 14.3 Å². The fraction of sp³-hybridized carbons (Fsp3) is 0.370. The number of hydrogen-bond acceptors (Lipinski definition) is 8. The Kier molecular flexibility index (Phi) is 8.44. The third-order valence-electron chi connectivity index (χ3n) is 6.63. The van der Waals surface area contributed by atoms with Crippen molar-refractivity contribution in [1.82, 2.24) is 30.4 Å². The Hall–Kier alpha value is -3.57. The van der Waals surface area contributed by atoms with Crippen LogP contribution in [0.15, 0.2) is 59.3 Å². The van der Waals surface area contributed by atoms with Crippen LogP contribution in [0.1, 0.15) is 48.6 Å². The summed E-state index contributed by atoms with van der Waals surface area (Å²) in [5.41, 5.74) is 0.886. The summed E-state index contributed by atoms with van der Waals surface area (Å²) in [4.78, 5) is 32.3. The van der Waals surface area contributed by atoms with Gasteiger partial charge in [-0.05, 0) is 58.6 Å². The smallest absolute Gasteiger partial charge is 0.248 e. The number of hydrogen-bond donors (Lipinski definition) is 1. The van der Waals surface area contributed by atoms with Crippen LogP contribution in [0.25, 0.3) is 10.7 Å². The maximum Gasteiger partial charge on any atom is 0.248 e. The van der Waals surface area contributed by atoms with Gasteiger partial charge >= 0.3 is 0 Å². The van der Waals surface area contributed by atoms with Crippen molar-refractivity contribution in [3.63, 3.8) is 0 Å². The molecule has 1 aliphatic rings. The largest absolute Gasteiger partial charge is 0.497 e. The van der Waals surface area contributed by atoms with Crippen LogP contribution in [0, 0.1) is 0 Å². The Morgan fingerprint density at radius 3 is 2.53 bits per heavy atom. The van der Waals surface area contributed by atoms with E-state index in [0.29, 0.717) is 5.82 Å². The summed E-state index contributed by atoms with van der Waals surface area (Å²) in [5.74, 6) is 0.768. The van der Waals surface area contributed by atoms with E-state index in [-0.39, 0.29) is 30.9 Å². The maximum atomic E-state index is 13.9. The minimum atomic E-state index is -0.771. The second kappa shape index (κ2) is 12.3. The number of nitrogens with zero attached hydrogens (tertiary/aromatic N) is 5. The zero-order valence-corrected chi connectivity index (χ0v) is 22.8. The summed E-state index contributed by atoms with van der Waals surface area (Å²) in [6.07, 6.45) is 5.33. The van der Waals surface area contributed by atoms with Crippen molar-refractivity contribution in [2.45, 2.75) is 57.3 Å². The molecule has 1 N–H and O–H groups in total. The Bertz CT molecular complexity index is 1320. The summed E-state index contributed by atoms with van der Waals surface area (Å²) in [6, 6.07) is 14.5. The molecule has 38 heavy (non-hydrogen) atoms. The first kappa shape index (κ1) is 26.1. The number of nitrogens with one attached hydrogen (secondary N) is 1. The highest BCUT2D eigenvalue weighted by molar-refractivity contribution is 7.13. The molecule has 0 spiro atoms. The predicted molar refractivity (Wildman–Crippen MR) is 147 cm³/mol. The lowest BCUT2D eigenvalue weighted by molar-refractivity contribution is -0.142. The van der Waals surface area contributed by atoms with Crippen LogP contribution in [0.5, 0.6) is 5.75 Å². The molecule has 1 atom stereocenters. The van der Waals surface area contributed by atoms with Crippen LogP contribution in [0.3, 0.4) is 0 Å². The Labute approximate surface area is 229 Å². The van der Waals surface area contributed by atoms with Crippen LogP contribution in [-0.2, 0) is 22.7 Å². The number of tetrazole rings is 1. The number of amides is 2. The van der Waals surface area contributed by atoms with Gasteiger partial charge in [0.15, 0.2) is 0 Å². The average molecular weight is 551 g/mol. The number of benzene rings is 1. The third kappa shape index (κ3) is 6.28. The minimum absolute atomic E-state index is 0.127. The molecule has 11 heteroatoms. The second-order valence-electron chi connectivity index (χ2n) is 9.25. The van der Waals surface area contributed by atoms with Crippen molar-refractivity contribution >= 4 is 34.5 Å². The lowest BCUT2D eigenvalue weighted by Gasteiger charge is -2.32. The van der Waals surface area contributed by atoms with Gasteiger partial charge in [-0.2, -0.15) is 4.80 Å². The fourth-order valence-electron chi connectivity index (χ4n) is 4.68. The molecule has 1 fully saturated rings. The Morgan fingerprint density at radius 1 is 1.08 bits per heavy atom. The molecular formula is C27H30N6O3S2. The summed E-state index contributed by atoms with van der Waals surface area (Å²) >= 11 is 2.98. The van der Waals surface area contributed by atoms with Crippen LogP contribution in [0.2, 0.25) is 0 Å². The number of thiophene rings is 2. The molecule has 0 aliphatic heterocycles. The quantitative estimate of drug-likeness (QED) is 0.307. The maximum absolute atomic E-state index is 13.9. The molecule has 1 aromatic carbocycles. The molecule has 0 bridgehead atoms. The first-order valence-electron chi connectivity index (χ1n) is 12.7. The van der Waals surface area contributed by atoms with Gasteiger partial charge in [0, 0.05) is 17.5 Å². The highest BCUT2D eigenvalue weighted by atomic mass is 32.1. The van der Waals surface area contributed by atoms with Crippen LogP contribution in [0.4, 0.5) is 0 Å². The summed E-state index contributed by atoms with van der Waals surface area (Å²) < 4.78 is 5.29. The number of carbonyl (C=O) groups is 2. The van der Waals surface area contributed by atoms with E-state index in [2.05, 4.69) is 20.7 Å². The Balaban J connectivity index is 1.43. The van der Waals surface area contributed by atoms with Gasteiger partial charge in [0.05, 0.1) is 12.0 Å². The molecule has 1 saturated carbocycles. The van der Waals surface area contributed by atoms with Crippen molar-refractivity contribution in [2.24, 2.45) is 0 Å². The average Bonchev–Trinajstić information content (AvgIpc) is 3.73. The number of methoxy groups -OCH3 is 1. The minimum Gasteiger partial charge on any atom is -0.497 e. The molecule has 3 aromatic heterocycles.